The average Bonchev–Trinajstić information content (AvgIpc) is 3.09. The van der Waals surface area contributed by atoms with Crippen molar-refractivity contribution in [2.75, 3.05) is 13.1 Å². The molecule has 5 nitrogen and oxygen atoms in total. The molecule has 2 fully saturated rings. The molecule has 2 amide bonds. The third-order valence-corrected chi connectivity index (χ3v) is 7.23. The van der Waals surface area contributed by atoms with Crippen molar-refractivity contribution in [2.45, 2.75) is 57.5 Å². The van der Waals surface area contributed by atoms with Crippen molar-refractivity contribution in [3.63, 3.8) is 0 Å². The zero-order chi connectivity index (χ0) is 25.4. The van der Waals surface area contributed by atoms with Crippen molar-refractivity contribution in [3.8, 4) is 0 Å². The molecule has 9 heteroatoms. The van der Waals surface area contributed by atoms with Crippen LogP contribution in [0.25, 0.3) is 0 Å². The number of benzene rings is 2. The molecule has 2 atom stereocenters. The van der Waals surface area contributed by atoms with Gasteiger partial charge in [-0.3, -0.25) is 14.9 Å². The SMILES string of the molecule is CC[C@H](C)[C@@H]1NC2(CCN(C(=O)c3cccc(F)c3)CC2)N(Cc2cccc(C(F)(F)F)c2)C1=O. The topological polar surface area (TPSA) is 52.7 Å². The number of likely N-dealkylation sites (tertiary alicyclic amines) is 1. The van der Waals surface area contributed by atoms with Gasteiger partial charge >= 0.3 is 6.18 Å². The largest absolute Gasteiger partial charge is 0.416 e. The number of nitrogens with zero attached hydrogens (tertiary/aromatic N) is 2. The van der Waals surface area contributed by atoms with E-state index < -0.39 is 29.3 Å². The number of rotatable bonds is 5. The highest BCUT2D eigenvalue weighted by molar-refractivity contribution is 5.94. The molecule has 0 aromatic heterocycles. The van der Waals surface area contributed by atoms with Crippen molar-refractivity contribution in [1.82, 2.24) is 15.1 Å². The van der Waals surface area contributed by atoms with Crippen LogP contribution < -0.4 is 5.32 Å². The van der Waals surface area contributed by atoms with Crippen LogP contribution in [0, 0.1) is 11.7 Å². The molecule has 0 radical (unpaired) electrons. The molecule has 4 rings (SSSR count). The number of hydrogen-bond donors (Lipinski definition) is 1. The monoisotopic (exact) mass is 491 g/mol. The summed E-state index contributed by atoms with van der Waals surface area (Å²) in [5, 5.41) is 3.49. The smallest absolute Gasteiger partial charge is 0.338 e. The van der Waals surface area contributed by atoms with E-state index in [-0.39, 0.29) is 29.8 Å². The van der Waals surface area contributed by atoms with Gasteiger partial charge in [0.15, 0.2) is 0 Å². The molecule has 2 aromatic carbocycles. The summed E-state index contributed by atoms with van der Waals surface area (Å²) < 4.78 is 53.3. The predicted molar refractivity (Wildman–Crippen MR) is 123 cm³/mol. The molecule has 1 N–H and O–H groups in total. The molecule has 2 heterocycles. The summed E-state index contributed by atoms with van der Waals surface area (Å²) >= 11 is 0. The van der Waals surface area contributed by atoms with E-state index in [2.05, 4.69) is 5.32 Å². The Morgan fingerprint density at radius 1 is 1.14 bits per heavy atom. The molecule has 2 aliphatic heterocycles. The van der Waals surface area contributed by atoms with E-state index in [9.17, 15) is 27.2 Å². The number of carbonyl (C=O) groups excluding carboxylic acids is 2. The fourth-order valence-corrected chi connectivity index (χ4v) is 4.99. The zero-order valence-electron chi connectivity index (χ0n) is 19.7. The van der Waals surface area contributed by atoms with Gasteiger partial charge in [-0.15, -0.1) is 0 Å². The van der Waals surface area contributed by atoms with Crippen LogP contribution in [0.1, 0.15) is 54.6 Å². The van der Waals surface area contributed by atoms with Crippen molar-refractivity contribution in [1.29, 1.82) is 0 Å². The summed E-state index contributed by atoms with van der Waals surface area (Å²) in [4.78, 5) is 29.6. The number of halogens is 4. The van der Waals surface area contributed by atoms with E-state index >= 15 is 0 Å². The summed E-state index contributed by atoms with van der Waals surface area (Å²) in [6.45, 7) is 4.67. The van der Waals surface area contributed by atoms with Gasteiger partial charge in [0, 0.05) is 38.0 Å². The Hall–Kier alpha value is -2.94. The lowest BCUT2D eigenvalue weighted by molar-refractivity contribution is -0.137. The van der Waals surface area contributed by atoms with Crippen molar-refractivity contribution >= 4 is 11.8 Å². The molecule has 188 valence electrons. The summed E-state index contributed by atoms with van der Waals surface area (Å²) in [6.07, 6.45) is -2.86. The van der Waals surface area contributed by atoms with Gasteiger partial charge in [0.25, 0.3) is 5.91 Å². The van der Waals surface area contributed by atoms with Crippen LogP contribution in [-0.4, -0.2) is 46.4 Å². The molecule has 2 aromatic rings. The van der Waals surface area contributed by atoms with Gasteiger partial charge in [-0.25, -0.2) is 4.39 Å². The fourth-order valence-electron chi connectivity index (χ4n) is 4.99. The van der Waals surface area contributed by atoms with E-state index in [0.717, 1.165) is 18.6 Å². The maximum absolute atomic E-state index is 13.6. The highest BCUT2D eigenvalue weighted by atomic mass is 19.4. The quantitative estimate of drug-likeness (QED) is 0.610. The maximum Gasteiger partial charge on any atom is 0.416 e. The van der Waals surface area contributed by atoms with Gasteiger partial charge in [0.1, 0.15) is 5.82 Å². The van der Waals surface area contributed by atoms with Crippen LogP contribution in [-0.2, 0) is 17.5 Å². The van der Waals surface area contributed by atoms with E-state index in [1.807, 2.05) is 13.8 Å². The van der Waals surface area contributed by atoms with Gasteiger partial charge in [0.2, 0.25) is 5.91 Å². The summed E-state index contributed by atoms with van der Waals surface area (Å²) in [6, 6.07) is 10.1. The molecule has 1 spiro atoms. The highest BCUT2D eigenvalue weighted by Gasteiger charge is 2.52. The minimum Gasteiger partial charge on any atom is -0.338 e. The number of amides is 2. The standard InChI is InChI=1S/C26H29F4N3O2/c1-3-17(2)22-24(35)33(16-18-6-4-8-20(14-18)26(28,29)30)25(31-22)10-12-32(13-11-25)23(34)19-7-5-9-21(27)15-19/h4-9,14-15,17,22,31H,3,10-13,16H2,1-2H3/t17-,22-/m0/s1. The first-order chi connectivity index (χ1) is 16.5. The van der Waals surface area contributed by atoms with Crippen molar-refractivity contribution in [2.24, 2.45) is 5.92 Å². The Labute approximate surface area is 202 Å². The minimum atomic E-state index is -4.47. The Morgan fingerprint density at radius 3 is 2.46 bits per heavy atom. The van der Waals surface area contributed by atoms with Crippen LogP contribution in [0.4, 0.5) is 17.6 Å². The van der Waals surface area contributed by atoms with E-state index in [4.69, 9.17) is 0 Å². The van der Waals surface area contributed by atoms with Crippen LogP contribution in [0.3, 0.4) is 0 Å². The second kappa shape index (κ2) is 9.60. The lowest BCUT2D eigenvalue weighted by Gasteiger charge is -2.45. The Bertz CT molecular complexity index is 1100. The molecule has 35 heavy (non-hydrogen) atoms. The van der Waals surface area contributed by atoms with E-state index in [1.54, 1.807) is 21.9 Å². The Kier molecular flexibility index (Phi) is 6.90. The van der Waals surface area contributed by atoms with Gasteiger partial charge < -0.3 is 9.80 Å². The molecular weight excluding hydrogens is 462 g/mol. The normalized spacial score (nSPS) is 21.0. The van der Waals surface area contributed by atoms with Gasteiger partial charge in [-0.1, -0.05) is 38.5 Å². The predicted octanol–water partition coefficient (Wildman–Crippen LogP) is 4.82. The van der Waals surface area contributed by atoms with Crippen molar-refractivity contribution < 1.29 is 27.2 Å². The Morgan fingerprint density at radius 2 is 1.83 bits per heavy atom. The van der Waals surface area contributed by atoms with Crippen LogP contribution in [0.2, 0.25) is 0 Å². The number of hydrogen-bond acceptors (Lipinski definition) is 3. The molecular formula is C26H29F4N3O2. The van der Waals surface area contributed by atoms with Gasteiger partial charge in [-0.2, -0.15) is 13.2 Å². The highest BCUT2D eigenvalue weighted by Crippen LogP contribution is 2.37. The zero-order valence-corrected chi connectivity index (χ0v) is 19.7. The number of carbonyl (C=O) groups is 2. The molecule has 0 saturated carbocycles. The first-order valence-electron chi connectivity index (χ1n) is 11.8. The average molecular weight is 492 g/mol. The fraction of sp³-hybridized carbons (Fsp3) is 0.462. The minimum absolute atomic E-state index is 0.0397. The molecule has 2 aliphatic rings. The molecule has 0 aliphatic carbocycles. The second-order valence-electron chi connectivity index (χ2n) is 9.46. The summed E-state index contributed by atoms with van der Waals surface area (Å²) in [5.41, 5.74) is -0.859. The first-order valence-corrected chi connectivity index (χ1v) is 11.8. The van der Waals surface area contributed by atoms with Crippen molar-refractivity contribution in [3.05, 3.63) is 71.0 Å². The number of piperidine rings is 1. The first kappa shape index (κ1) is 25.2. The summed E-state index contributed by atoms with van der Waals surface area (Å²) in [5.74, 6) is -0.873. The Balaban J connectivity index is 1.57. The lowest BCUT2D eigenvalue weighted by atomic mass is 9.94. The van der Waals surface area contributed by atoms with Crippen LogP contribution in [0.15, 0.2) is 48.5 Å². The van der Waals surface area contributed by atoms with Crippen LogP contribution in [0.5, 0.6) is 0 Å². The molecule has 0 bridgehead atoms. The third kappa shape index (κ3) is 5.05. The van der Waals surface area contributed by atoms with E-state index in [0.29, 0.717) is 31.5 Å². The van der Waals surface area contributed by atoms with Gasteiger partial charge in [0.05, 0.1) is 17.3 Å². The number of nitrogens with one attached hydrogen (secondary N) is 1. The molecule has 2 saturated heterocycles. The third-order valence-electron chi connectivity index (χ3n) is 7.23. The lowest BCUT2D eigenvalue weighted by Crippen LogP contribution is -2.59. The number of alkyl halides is 3. The van der Waals surface area contributed by atoms with Crippen LogP contribution >= 0.6 is 0 Å². The maximum atomic E-state index is 13.6. The van der Waals surface area contributed by atoms with Gasteiger partial charge in [-0.05, 0) is 41.8 Å². The van der Waals surface area contributed by atoms with E-state index in [1.165, 1.54) is 24.3 Å². The second-order valence-corrected chi connectivity index (χ2v) is 9.46. The molecule has 0 unspecified atom stereocenters. The summed E-state index contributed by atoms with van der Waals surface area (Å²) in [7, 11) is 0.